The van der Waals surface area contributed by atoms with Crippen LogP contribution in [-0.2, 0) is 4.74 Å². The molecular formula is C12H16N2O2. The van der Waals surface area contributed by atoms with Gasteiger partial charge in [0.2, 0.25) is 0 Å². The van der Waals surface area contributed by atoms with E-state index in [1.807, 2.05) is 12.1 Å². The zero-order chi connectivity index (χ0) is 10.8. The minimum Gasteiger partial charge on any atom is -0.492 e. The highest BCUT2D eigenvalue weighted by Gasteiger charge is 2.49. The maximum Gasteiger partial charge on any atom is 0.137 e. The van der Waals surface area contributed by atoms with E-state index in [0.29, 0.717) is 5.92 Å². The number of pyridine rings is 1. The Kier molecular flexibility index (Phi) is 2.53. The highest BCUT2D eigenvalue weighted by molar-refractivity contribution is 5.15. The van der Waals surface area contributed by atoms with E-state index in [1.165, 1.54) is 0 Å². The summed E-state index contributed by atoms with van der Waals surface area (Å²) in [4.78, 5) is 4.03. The Morgan fingerprint density at radius 1 is 1.56 bits per heavy atom. The summed E-state index contributed by atoms with van der Waals surface area (Å²) in [5.74, 6) is 1.35. The molecule has 3 rings (SSSR count). The van der Waals surface area contributed by atoms with Crippen LogP contribution >= 0.6 is 0 Å². The Hall–Kier alpha value is -1.13. The molecular weight excluding hydrogens is 204 g/mol. The fourth-order valence-corrected chi connectivity index (χ4v) is 2.41. The van der Waals surface area contributed by atoms with E-state index in [2.05, 4.69) is 10.3 Å². The molecule has 1 N–H and O–H groups in total. The second-order valence-corrected chi connectivity index (χ2v) is 4.50. The smallest absolute Gasteiger partial charge is 0.137 e. The third kappa shape index (κ3) is 1.68. The first kappa shape index (κ1) is 10.1. The molecule has 4 heteroatoms. The van der Waals surface area contributed by atoms with Crippen LogP contribution in [-0.4, -0.2) is 36.9 Å². The SMILES string of the molecule is c1cncc(OC[C@H]2CCOC23CNC3)c1. The standard InChI is InChI=1S/C12H16N2O2/c1-2-11(6-13-4-1)15-7-10-3-5-16-12(10)8-14-9-12/h1-2,4,6,10,14H,3,5,7-9H2/t10-/m1/s1. The lowest BCUT2D eigenvalue weighted by Crippen LogP contribution is -2.63. The lowest BCUT2D eigenvalue weighted by Gasteiger charge is -2.42. The molecule has 2 aliphatic heterocycles. The van der Waals surface area contributed by atoms with Crippen molar-refractivity contribution < 1.29 is 9.47 Å². The molecule has 2 fully saturated rings. The first-order valence-electron chi connectivity index (χ1n) is 5.77. The van der Waals surface area contributed by atoms with Crippen molar-refractivity contribution in [3.05, 3.63) is 24.5 Å². The zero-order valence-electron chi connectivity index (χ0n) is 9.19. The molecule has 1 spiro atoms. The van der Waals surface area contributed by atoms with Crippen molar-refractivity contribution in [3.8, 4) is 5.75 Å². The second kappa shape index (κ2) is 4.03. The van der Waals surface area contributed by atoms with Crippen molar-refractivity contribution in [1.29, 1.82) is 0 Å². The Bertz CT molecular complexity index is 351. The summed E-state index contributed by atoms with van der Waals surface area (Å²) in [6, 6.07) is 3.83. The molecule has 0 aliphatic carbocycles. The van der Waals surface area contributed by atoms with E-state index >= 15 is 0 Å². The largest absolute Gasteiger partial charge is 0.492 e. The monoisotopic (exact) mass is 220 g/mol. The molecule has 1 aromatic rings. The highest BCUT2D eigenvalue weighted by Crippen LogP contribution is 2.35. The zero-order valence-corrected chi connectivity index (χ0v) is 9.19. The first-order chi connectivity index (χ1) is 7.89. The maximum absolute atomic E-state index is 5.82. The molecule has 1 atom stereocenters. The average molecular weight is 220 g/mol. The molecule has 4 nitrogen and oxygen atoms in total. The second-order valence-electron chi connectivity index (χ2n) is 4.50. The predicted molar refractivity (Wildman–Crippen MR) is 59.4 cm³/mol. The number of hydrogen-bond donors (Lipinski definition) is 1. The molecule has 0 saturated carbocycles. The van der Waals surface area contributed by atoms with E-state index in [1.54, 1.807) is 12.4 Å². The number of ether oxygens (including phenoxy) is 2. The summed E-state index contributed by atoms with van der Waals surface area (Å²) in [6.45, 7) is 3.53. The molecule has 0 bridgehead atoms. The van der Waals surface area contributed by atoms with E-state index < -0.39 is 0 Å². The van der Waals surface area contributed by atoms with Crippen molar-refractivity contribution in [2.45, 2.75) is 12.0 Å². The lowest BCUT2D eigenvalue weighted by atomic mass is 9.83. The number of aromatic nitrogens is 1. The van der Waals surface area contributed by atoms with Gasteiger partial charge in [-0.15, -0.1) is 0 Å². The minimum absolute atomic E-state index is 0.0577. The molecule has 16 heavy (non-hydrogen) atoms. The molecule has 0 unspecified atom stereocenters. The van der Waals surface area contributed by atoms with Crippen LogP contribution in [0.2, 0.25) is 0 Å². The Morgan fingerprint density at radius 3 is 3.19 bits per heavy atom. The quantitative estimate of drug-likeness (QED) is 0.819. The summed E-state index contributed by atoms with van der Waals surface area (Å²) < 4.78 is 11.6. The van der Waals surface area contributed by atoms with E-state index in [-0.39, 0.29) is 5.60 Å². The Morgan fingerprint density at radius 2 is 2.50 bits per heavy atom. The van der Waals surface area contributed by atoms with Gasteiger partial charge in [0, 0.05) is 31.8 Å². The van der Waals surface area contributed by atoms with Crippen molar-refractivity contribution in [3.63, 3.8) is 0 Å². The minimum atomic E-state index is 0.0577. The Labute approximate surface area is 95.0 Å². The summed E-state index contributed by atoms with van der Waals surface area (Å²) in [6.07, 6.45) is 4.60. The molecule has 2 aliphatic rings. The number of rotatable bonds is 3. The maximum atomic E-state index is 5.82. The van der Waals surface area contributed by atoms with Crippen LogP contribution in [0, 0.1) is 5.92 Å². The molecule has 3 heterocycles. The third-order valence-electron chi connectivity index (χ3n) is 3.53. The van der Waals surface area contributed by atoms with Crippen LogP contribution in [0.3, 0.4) is 0 Å². The van der Waals surface area contributed by atoms with Gasteiger partial charge in [-0.25, -0.2) is 0 Å². The molecule has 0 amide bonds. The van der Waals surface area contributed by atoms with E-state index in [9.17, 15) is 0 Å². The fourth-order valence-electron chi connectivity index (χ4n) is 2.41. The van der Waals surface area contributed by atoms with Gasteiger partial charge >= 0.3 is 0 Å². The van der Waals surface area contributed by atoms with Crippen LogP contribution < -0.4 is 10.1 Å². The first-order valence-corrected chi connectivity index (χ1v) is 5.77. The summed E-state index contributed by atoms with van der Waals surface area (Å²) >= 11 is 0. The van der Waals surface area contributed by atoms with Gasteiger partial charge < -0.3 is 14.8 Å². The summed E-state index contributed by atoms with van der Waals surface area (Å²) in [7, 11) is 0. The van der Waals surface area contributed by atoms with Gasteiger partial charge in [0.1, 0.15) is 5.75 Å². The topological polar surface area (TPSA) is 43.4 Å². The van der Waals surface area contributed by atoms with Crippen molar-refractivity contribution in [1.82, 2.24) is 10.3 Å². The number of hydrogen-bond acceptors (Lipinski definition) is 4. The number of nitrogens with one attached hydrogen (secondary N) is 1. The average Bonchev–Trinajstić information content (AvgIpc) is 2.71. The van der Waals surface area contributed by atoms with Gasteiger partial charge in [-0.05, 0) is 18.6 Å². The number of nitrogens with zero attached hydrogens (tertiary/aromatic N) is 1. The van der Waals surface area contributed by atoms with Gasteiger partial charge in [-0.1, -0.05) is 0 Å². The van der Waals surface area contributed by atoms with Crippen molar-refractivity contribution in [2.75, 3.05) is 26.3 Å². The van der Waals surface area contributed by atoms with Gasteiger partial charge in [-0.3, -0.25) is 4.98 Å². The van der Waals surface area contributed by atoms with Crippen LogP contribution in [0.5, 0.6) is 5.75 Å². The van der Waals surface area contributed by atoms with Gasteiger partial charge in [0.25, 0.3) is 0 Å². The highest BCUT2D eigenvalue weighted by atomic mass is 16.5. The summed E-state index contributed by atoms with van der Waals surface area (Å²) in [5.41, 5.74) is 0.0577. The molecule has 86 valence electrons. The fraction of sp³-hybridized carbons (Fsp3) is 0.583. The lowest BCUT2D eigenvalue weighted by molar-refractivity contribution is -0.0690. The van der Waals surface area contributed by atoms with Crippen LogP contribution in [0.25, 0.3) is 0 Å². The van der Waals surface area contributed by atoms with E-state index in [0.717, 1.165) is 38.5 Å². The van der Waals surface area contributed by atoms with Crippen LogP contribution in [0.4, 0.5) is 0 Å². The molecule has 1 aromatic heterocycles. The van der Waals surface area contributed by atoms with Gasteiger partial charge in [-0.2, -0.15) is 0 Å². The van der Waals surface area contributed by atoms with Crippen molar-refractivity contribution >= 4 is 0 Å². The van der Waals surface area contributed by atoms with Gasteiger partial charge in [0.05, 0.1) is 18.4 Å². The van der Waals surface area contributed by atoms with Crippen LogP contribution in [0.15, 0.2) is 24.5 Å². The normalized spacial score (nSPS) is 26.6. The molecule has 2 saturated heterocycles. The van der Waals surface area contributed by atoms with Crippen molar-refractivity contribution in [2.24, 2.45) is 5.92 Å². The van der Waals surface area contributed by atoms with Gasteiger partial charge in [0.15, 0.2) is 0 Å². The summed E-state index contributed by atoms with van der Waals surface area (Å²) in [5, 5.41) is 3.28. The Balaban J connectivity index is 1.59. The van der Waals surface area contributed by atoms with Crippen LogP contribution in [0.1, 0.15) is 6.42 Å². The molecule has 0 aromatic carbocycles. The van der Waals surface area contributed by atoms with E-state index in [4.69, 9.17) is 9.47 Å². The predicted octanol–water partition coefficient (Wildman–Crippen LogP) is 0.839. The molecule has 0 radical (unpaired) electrons. The third-order valence-corrected chi connectivity index (χ3v) is 3.53.